The topological polar surface area (TPSA) is 49.4 Å². The summed E-state index contributed by atoms with van der Waals surface area (Å²) in [6.45, 7) is 4.10. The summed E-state index contributed by atoms with van der Waals surface area (Å²) in [5.74, 6) is 0.558. The molecule has 1 saturated heterocycles. The molecule has 5 heteroatoms. The third-order valence-corrected chi connectivity index (χ3v) is 5.63. The summed E-state index contributed by atoms with van der Waals surface area (Å²) >= 11 is 1.59. The molecule has 1 atom stereocenters. The van der Waals surface area contributed by atoms with Crippen LogP contribution >= 0.6 is 11.8 Å². The van der Waals surface area contributed by atoms with Crippen LogP contribution in [0.2, 0.25) is 0 Å². The van der Waals surface area contributed by atoms with Crippen molar-refractivity contribution in [2.75, 3.05) is 16.0 Å². The van der Waals surface area contributed by atoms with Gasteiger partial charge in [0.2, 0.25) is 11.8 Å². The number of thioether (sulfide) groups is 1. The Morgan fingerprint density at radius 3 is 2.65 bits per heavy atom. The van der Waals surface area contributed by atoms with Gasteiger partial charge in [0.05, 0.1) is 5.75 Å². The molecule has 0 saturated carbocycles. The van der Waals surface area contributed by atoms with Gasteiger partial charge in [0.25, 0.3) is 0 Å². The van der Waals surface area contributed by atoms with Gasteiger partial charge in [-0.2, -0.15) is 0 Å². The Hall–Kier alpha value is -2.27. The van der Waals surface area contributed by atoms with E-state index in [0.717, 1.165) is 35.3 Å². The van der Waals surface area contributed by atoms with Gasteiger partial charge in [-0.1, -0.05) is 49.2 Å². The Labute approximate surface area is 159 Å². The number of unbranched alkanes of at least 4 members (excludes halogenated alkanes) is 1. The van der Waals surface area contributed by atoms with Crippen LogP contribution in [0.25, 0.3) is 0 Å². The standard InChI is InChI=1S/C21H24N2O2S/c1-3-4-9-19(24)22-18-8-6-5-7-17(18)21-23(20(25)14-26-21)16-12-10-15(2)11-13-16/h5-8,10-13,21H,3-4,9,14H2,1-2H3,(H,22,24)/t21-/m1/s1. The van der Waals surface area contributed by atoms with Crippen molar-refractivity contribution in [3.8, 4) is 0 Å². The third-order valence-electron chi connectivity index (χ3n) is 4.44. The number of hydrogen-bond donors (Lipinski definition) is 1. The minimum Gasteiger partial charge on any atom is -0.326 e. The first kappa shape index (κ1) is 18.5. The largest absolute Gasteiger partial charge is 0.326 e. The predicted octanol–water partition coefficient (Wildman–Crippen LogP) is 4.90. The van der Waals surface area contributed by atoms with Crippen LogP contribution in [0.15, 0.2) is 48.5 Å². The summed E-state index contributed by atoms with van der Waals surface area (Å²) < 4.78 is 0. The second-order valence-electron chi connectivity index (χ2n) is 6.50. The molecule has 136 valence electrons. The van der Waals surface area contributed by atoms with Crippen LogP contribution in [-0.2, 0) is 9.59 Å². The number of hydrogen-bond acceptors (Lipinski definition) is 3. The number of carbonyl (C=O) groups excluding carboxylic acids is 2. The van der Waals surface area contributed by atoms with Crippen LogP contribution in [0, 0.1) is 6.92 Å². The summed E-state index contributed by atoms with van der Waals surface area (Å²) in [5.41, 5.74) is 3.81. The van der Waals surface area contributed by atoms with E-state index in [2.05, 4.69) is 12.2 Å². The molecule has 0 aromatic heterocycles. The minimum absolute atomic E-state index is 0.0236. The van der Waals surface area contributed by atoms with E-state index < -0.39 is 0 Å². The summed E-state index contributed by atoms with van der Waals surface area (Å²) in [6, 6.07) is 15.8. The van der Waals surface area contributed by atoms with E-state index in [9.17, 15) is 9.59 Å². The number of para-hydroxylation sites is 1. The lowest BCUT2D eigenvalue weighted by molar-refractivity contribution is -0.116. The first-order chi connectivity index (χ1) is 12.6. The lowest BCUT2D eigenvalue weighted by Crippen LogP contribution is -2.28. The fourth-order valence-corrected chi connectivity index (χ4v) is 4.23. The second kappa shape index (κ2) is 8.41. The van der Waals surface area contributed by atoms with Crippen molar-refractivity contribution in [2.45, 2.75) is 38.5 Å². The smallest absolute Gasteiger partial charge is 0.238 e. The first-order valence-corrected chi connectivity index (χ1v) is 10.0. The van der Waals surface area contributed by atoms with E-state index >= 15 is 0 Å². The van der Waals surface area contributed by atoms with Crippen molar-refractivity contribution < 1.29 is 9.59 Å². The average molecular weight is 369 g/mol. The van der Waals surface area contributed by atoms with E-state index in [1.807, 2.05) is 60.4 Å². The van der Waals surface area contributed by atoms with E-state index in [-0.39, 0.29) is 17.2 Å². The normalized spacial score (nSPS) is 16.8. The minimum atomic E-state index is -0.132. The van der Waals surface area contributed by atoms with Crippen LogP contribution in [0.4, 0.5) is 11.4 Å². The monoisotopic (exact) mass is 368 g/mol. The molecule has 2 amide bonds. The molecule has 0 aliphatic carbocycles. The lowest BCUT2D eigenvalue weighted by Gasteiger charge is -2.26. The van der Waals surface area contributed by atoms with E-state index in [1.165, 1.54) is 0 Å². The molecule has 1 N–H and O–H groups in total. The highest BCUT2D eigenvalue weighted by Gasteiger charge is 2.35. The quantitative estimate of drug-likeness (QED) is 0.789. The van der Waals surface area contributed by atoms with Crippen molar-refractivity contribution in [1.82, 2.24) is 0 Å². The van der Waals surface area contributed by atoms with Crippen LogP contribution in [0.3, 0.4) is 0 Å². The molecule has 1 fully saturated rings. The Morgan fingerprint density at radius 1 is 1.19 bits per heavy atom. The number of carbonyl (C=O) groups is 2. The molecule has 0 radical (unpaired) electrons. The molecule has 2 aromatic rings. The fraction of sp³-hybridized carbons (Fsp3) is 0.333. The molecule has 1 aliphatic heterocycles. The number of aryl methyl sites for hydroxylation is 1. The van der Waals surface area contributed by atoms with E-state index in [1.54, 1.807) is 11.8 Å². The molecule has 0 bridgehead atoms. The van der Waals surface area contributed by atoms with Crippen molar-refractivity contribution in [3.63, 3.8) is 0 Å². The van der Waals surface area contributed by atoms with Crippen LogP contribution in [0.5, 0.6) is 0 Å². The molecule has 0 unspecified atom stereocenters. The van der Waals surface area contributed by atoms with Crippen molar-refractivity contribution in [3.05, 3.63) is 59.7 Å². The first-order valence-electron chi connectivity index (χ1n) is 8.99. The zero-order valence-electron chi connectivity index (χ0n) is 15.2. The molecular weight excluding hydrogens is 344 g/mol. The van der Waals surface area contributed by atoms with Crippen LogP contribution < -0.4 is 10.2 Å². The van der Waals surface area contributed by atoms with Crippen LogP contribution in [-0.4, -0.2) is 17.6 Å². The van der Waals surface area contributed by atoms with Gasteiger partial charge in [0.15, 0.2) is 0 Å². The van der Waals surface area contributed by atoms with Gasteiger partial charge < -0.3 is 5.32 Å². The van der Waals surface area contributed by atoms with E-state index in [4.69, 9.17) is 0 Å². The zero-order valence-corrected chi connectivity index (χ0v) is 16.0. The lowest BCUT2D eigenvalue weighted by atomic mass is 10.1. The number of benzene rings is 2. The van der Waals surface area contributed by atoms with Gasteiger partial charge in [-0.15, -0.1) is 11.8 Å². The molecule has 3 rings (SSSR count). The number of amides is 2. The highest BCUT2D eigenvalue weighted by molar-refractivity contribution is 8.00. The number of anilines is 2. The predicted molar refractivity (Wildman–Crippen MR) is 108 cm³/mol. The van der Waals surface area contributed by atoms with Gasteiger partial charge in [-0.25, -0.2) is 0 Å². The van der Waals surface area contributed by atoms with Crippen molar-refractivity contribution in [2.24, 2.45) is 0 Å². The van der Waals surface area contributed by atoms with Crippen molar-refractivity contribution in [1.29, 1.82) is 0 Å². The van der Waals surface area contributed by atoms with E-state index in [0.29, 0.717) is 12.2 Å². The molecule has 1 aliphatic rings. The van der Waals surface area contributed by atoms with Gasteiger partial charge in [-0.05, 0) is 31.5 Å². The van der Waals surface area contributed by atoms with Gasteiger partial charge in [-0.3, -0.25) is 14.5 Å². The molecule has 0 spiro atoms. The number of rotatable bonds is 6. The Bertz CT molecular complexity index is 789. The number of nitrogens with zero attached hydrogens (tertiary/aromatic N) is 1. The van der Waals surface area contributed by atoms with Gasteiger partial charge in [0, 0.05) is 23.4 Å². The van der Waals surface area contributed by atoms with Crippen LogP contribution in [0.1, 0.15) is 42.7 Å². The summed E-state index contributed by atoms with van der Waals surface area (Å²) in [4.78, 5) is 26.6. The highest BCUT2D eigenvalue weighted by Crippen LogP contribution is 2.44. The Balaban J connectivity index is 1.88. The molecule has 1 heterocycles. The second-order valence-corrected chi connectivity index (χ2v) is 7.57. The number of nitrogens with one attached hydrogen (secondary N) is 1. The maximum Gasteiger partial charge on any atom is 0.238 e. The Morgan fingerprint density at radius 2 is 1.92 bits per heavy atom. The molecule has 26 heavy (non-hydrogen) atoms. The Kier molecular flexibility index (Phi) is 5.99. The highest BCUT2D eigenvalue weighted by atomic mass is 32.2. The maximum atomic E-state index is 12.5. The van der Waals surface area contributed by atoms with Crippen molar-refractivity contribution >= 4 is 35.0 Å². The average Bonchev–Trinajstić information content (AvgIpc) is 3.02. The summed E-state index contributed by atoms with van der Waals surface area (Å²) in [5, 5.41) is 2.90. The van der Waals surface area contributed by atoms with Gasteiger partial charge >= 0.3 is 0 Å². The molecule has 2 aromatic carbocycles. The maximum absolute atomic E-state index is 12.5. The van der Waals surface area contributed by atoms with Gasteiger partial charge in [0.1, 0.15) is 5.37 Å². The zero-order chi connectivity index (χ0) is 18.5. The molecule has 4 nitrogen and oxygen atoms in total. The fourth-order valence-electron chi connectivity index (χ4n) is 3.01. The summed E-state index contributed by atoms with van der Waals surface area (Å²) in [7, 11) is 0. The molecular formula is C21H24N2O2S. The SMILES string of the molecule is CCCCC(=O)Nc1ccccc1[C@H]1SCC(=O)N1c1ccc(C)cc1. The third kappa shape index (κ3) is 4.10. The summed E-state index contributed by atoms with van der Waals surface area (Å²) in [6.07, 6.45) is 2.38.